The summed E-state index contributed by atoms with van der Waals surface area (Å²) in [7, 11) is 1.83. The van der Waals surface area contributed by atoms with Crippen LogP contribution in [-0.4, -0.2) is 25.3 Å². The molecule has 0 radical (unpaired) electrons. The van der Waals surface area contributed by atoms with Gasteiger partial charge < -0.3 is 16.0 Å². The van der Waals surface area contributed by atoms with Crippen molar-refractivity contribution in [2.24, 2.45) is 5.73 Å². The van der Waals surface area contributed by atoms with E-state index in [4.69, 9.17) is 11.1 Å². The first kappa shape index (κ1) is 20.5. The first-order valence-corrected chi connectivity index (χ1v) is 7.92. The van der Waals surface area contributed by atoms with Gasteiger partial charge in [-0.05, 0) is 35.7 Å². The van der Waals surface area contributed by atoms with Crippen molar-refractivity contribution in [3.8, 4) is 0 Å². The van der Waals surface area contributed by atoms with Crippen LogP contribution >= 0.6 is 12.4 Å². The van der Waals surface area contributed by atoms with Gasteiger partial charge in [-0.2, -0.15) is 0 Å². The highest BCUT2D eigenvalue weighted by Gasteiger charge is 2.09. The summed E-state index contributed by atoms with van der Waals surface area (Å²) in [6.45, 7) is 4.49. The van der Waals surface area contributed by atoms with Gasteiger partial charge in [0, 0.05) is 24.0 Å². The number of carbonyl (C=O) groups excluding carboxylic acids is 1. The van der Waals surface area contributed by atoms with Crippen molar-refractivity contribution in [2.75, 3.05) is 23.8 Å². The Balaban J connectivity index is 0.00000312. The Labute approximate surface area is 155 Å². The van der Waals surface area contributed by atoms with Gasteiger partial charge in [0.05, 0.1) is 6.54 Å². The molecule has 0 aliphatic rings. The molecule has 0 aliphatic carbocycles. The van der Waals surface area contributed by atoms with Crippen molar-refractivity contribution in [1.29, 1.82) is 5.41 Å². The van der Waals surface area contributed by atoms with Gasteiger partial charge >= 0.3 is 0 Å². The minimum Gasteiger partial charge on any atom is -0.384 e. The highest BCUT2D eigenvalue weighted by atomic mass is 35.5. The van der Waals surface area contributed by atoms with Crippen LogP contribution in [0.15, 0.2) is 48.5 Å². The third-order valence-corrected chi connectivity index (χ3v) is 3.84. The molecule has 0 bridgehead atoms. The molecule has 0 spiro atoms. The molecular weight excluding hydrogens is 336 g/mol. The lowest BCUT2D eigenvalue weighted by molar-refractivity contribution is -0.114. The number of nitrogens with one attached hydrogen (secondary N) is 2. The minimum atomic E-state index is -0.0944. The number of amides is 1. The molecule has 134 valence electrons. The van der Waals surface area contributed by atoms with Gasteiger partial charge in [-0.3, -0.25) is 10.2 Å². The fourth-order valence-electron chi connectivity index (χ4n) is 2.37. The van der Waals surface area contributed by atoms with Crippen LogP contribution in [0.2, 0.25) is 0 Å². The molecule has 25 heavy (non-hydrogen) atoms. The molecule has 6 heteroatoms. The fraction of sp³-hybridized carbons (Fsp3) is 0.263. The lowest BCUT2D eigenvalue weighted by Gasteiger charge is -2.19. The molecule has 4 N–H and O–H groups in total. The Morgan fingerprint density at radius 3 is 2.40 bits per heavy atom. The Bertz CT molecular complexity index is 728. The van der Waals surface area contributed by atoms with Crippen LogP contribution in [0.5, 0.6) is 0 Å². The predicted molar refractivity (Wildman–Crippen MR) is 107 cm³/mol. The van der Waals surface area contributed by atoms with Crippen LogP contribution in [0.1, 0.15) is 30.9 Å². The maximum absolute atomic E-state index is 12.2. The molecule has 0 atom stereocenters. The van der Waals surface area contributed by atoms with Crippen LogP contribution in [0, 0.1) is 5.41 Å². The number of hydrogen-bond donors (Lipinski definition) is 3. The van der Waals surface area contributed by atoms with E-state index in [2.05, 4.69) is 19.2 Å². The molecule has 0 aromatic heterocycles. The Hall–Kier alpha value is -2.53. The summed E-state index contributed by atoms with van der Waals surface area (Å²) in [5.74, 6) is 0.386. The third kappa shape index (κ3) is 5.80. The van der Waals surface area contributed by atoms with Gasteiger partial charge in [0.15, 0.2) is 0 Å². The fourth-order valence-corrected chi connectivity index (χ4v) is 2.37. The summed E-state index contributed by atoms with van der Waals surface area (Å²) in [6, 6.07) is 15.2. The molecule has 0 fully saturated rings. The molecular formula is C19H25ClN4O. The van der Waals surface area contributed by atoms with E-state index in [9.17, 15) is 4.79 Å². The average molecular weight is 361 g/mol. The Morgan fingerprint density at radius 1 is 1.20 bits per heavy atom. The summed E-state index contributed by atoms with van der Waals surface area (Å²) in [5.41, 5.74) is 9.02. The van der Waals surface area contributed by atoms with E-state index in [1.54, 1.807) is 12.1 Å². The van der Waals surface area contributed by atoms with E-state index in [-0.39, 0.29) is 30.7 Å². The first-order valence-electron chi connectivity index (χ1n) is 7.92. The van der Waals surface area contributed by atoms with Gasteiger partial charge in [0.1, 0.15) is 5.84 Å². The number of nitrogens with zero attached hydrogens (tertiary/aromatic N) is 1. The largest absolute Gasteiger partial charge is 0.384 e. The highest BCUT2D eigenvalue weighted by Crippen LogP contribution is 2.18. The number of carbonyl (C=O) groups is 1. The number of nitrogen functional groups attached to an aromatic ring is 1. The zero-order valence-corrected chi connectivity index (χ0v) is 15.6. The van der Waals surface area contributed by atoms with Gasteiger partial charge in [0.2, 0.25) is 5.91 Å². The summed E-state index contributed by atoms with van der Waals surface area (Å²) in [6.07, 6.45) is 0. The monoisotopic (exact) mass is 360 g/mol. The number of nitrogens with two attached hydrogens (primary N) is 1. The Kier molecular flexibility index (Phi) is 7.45. The van der Waals surface area contributed by atoms with Gasteiger partial charge in [-0.25, -0.2) is 0 Å². The number of benzene rings is 2. The second-order valence-electron chi connectivity index (χ2n) is 6.14. The number of anilines is 2. The Morgan fingerprint density at radius 2 is 1.84 bits per heavy atom. The summed E-state index contributed by atoms with van der Waals surface area (Å²) in [4.78, 5) is 14.0. The quantitative estimate of drug-likeness (QED) is 0.543. The molecule has 0 unspecified atom stereocenters. The number of likely N-dealkylation sites (N-methyl/N-ethyl adjacent to an activating group) is 1. The van der Waals surface area contributed by atoms with Crippen molar-refractivity contribution in [1.82, 2.24) is 0 Å². The van der Waals surface area contributed by atoms with Gasteiger partial charge in [0.25, 0.3) is 0 Å². The van der Waals surface area contributed by atoms with E-state index >= 15 is 0 Å². The molecule has 0 aliphatic heterocycles. The second-order valence-corrected chi connectivity index (χ2v) is 6.14. The van der Waals surface area contributed by atoms with Crippen LogP contribution in [0.4, 0.5) is 11.4 Å². The van der Waals surface area contributed by atoms with E-state index < -0.39 is 0 Å². The SMILES string of the molecule is CC(C)c1ccc(NC(=O)CN(C)c2cccc(C(=N)N)c2)cc1.Cl. The third-order valence-electron chi connectivity index (χ3n) is 3.84. The summed E-state index contributed by atoms with van der Waals surface area (Å²) >= 11 is 0. The molecule has 0 saturated carbocycles. The summed E-state index contributed by atoms with van der Waals surface area (Å²) < 4.78 is 0. The first-order chi connectivity index (χ1) is 11.4. The molecule has 0 saturated heterocycles. The molecule has 1 amide bonds. The molecule has 2 rings (SSSR count). The highest BCUT2D eigenvalue weighted by molar-refractivity contribution is 5.96. The van der Waals surface area contributed by atoms with E-state index in [0.717, 1.165) is 11.4 Å². The average Bonchev–Trinajstić information content (AvgIpc) is 2.55. The lowest BCUT2D eigenvalue weighted by Crippen LogP contribution is -2.30. The number of amidine groups is 1. The van der Waals surface area contributed by atoms with E-state index in [1.165, 1.54) is 5.56 Å². The van der Waals surface area contributed by atoms with Crippen molar-refractivity contribution in [3.05, 3.63) is 59.7 Å². The van der Waals surface area contributed by atoms with Crippen LogP contribution in [0.3, 0.4) is 0 Å². The lowest BCUT2D eigenvalue weighted by atomic mass is 10.0. The zero-order valence-electron chi connectivity index (χ0n) is 14.7. The molecule has 5 nitrogen and oxygen atoms in total. The van der Waals surface area contributed by atoms with E-state index in [1.807, 2.05) is 48.3 Å². The number of halogens is 1. The zero-order chi connectivity index (χ0) is 17.7. The maximum atomic E-state index is 12.2. The molecule has 2 aromatic carbocycles. The standard InChI is InChI=1S/C19H24N4O.ClH/c1-13(2)14-7-9-16(10-8-14)22-18(24)12-23(3)17-6-4-5-15(11-17)19(20)21;/h4-11,13H,12H2,1-3H3,(H3,20,21)(H,22,24);1H. The topological polar surface area (TPSA) is 82.2 Å². The van der Waals surface area contributed by atoms with Crippen molar-refractivity contribution in [2.45, 2.75) is 19.8 Å². The smallest absolute Gasteiger partial charge is 0.243 e. The number of rotatable bonds is 6. The van der Waals surface area contributed by atoms with Gasteiger partial charge in [-0.15, -0.1) is 12.4 Å². The van der Waals surface area contributed by atoms with Crippen LogP contribution in [0.25, 0.3) is 0 Å². The van der Waals surface area contributed by atoms with Crippen LogP contribution < -0.4 is 16.0 Å². The maximum Gasteiger partial charge on any atom is 0.243 e. The van der Waals surface area contributed by atoms with Crippen LogP contribution in [-0.2, 0) is 4.79 Å². The van der Waals surface area contributed by atoms with E-state index in [0.29, 0.717) is 11.5 Å². The van der Waals surface area contributed by atoms with Crippen molar-refractivity contribution in [3.63, 3.8) is 0 Å². The van der Waals surface area contributed by atoms with Crippen molar-refractivity contribution >= 4 is 35.5 Å². The summed E-state index contributed by atoms with van der Waals surface area (Å²) in [5, 5.41) is 10.4. The van der Waals surface area contributed by atoms with Crippen molar-refractivity contribution < 1.29 is 4.79 Å². The normalized spacial score (nSPS) is 10.1. The second kappa shape index (κ2) is 9.08. The molecule has 2 aromatic rings. The minimum absolute atomic E-state index is 0. The molecule has 0 heterocycles. The van der Waals surface area contributed by atoms with Gasteiger partial charge in [-0.1, -0.05) is 38.1 Å². The number of hydrogen-bond acceptors (Lipinski definition) is 3. The predicted octanol–water partition coefficient (Wildman–Crippen LogP) is 3.59.